The molecule has 0 unspecified atom stereocenters. The van der Waals surface area contributed by atoms with Crippen LogP contribution in [0.3, 0.4) is 0 Å². The summed E-state index contributed by atoms with van der Waals surface area (Å²) in [6.45, 7) is 0. The van der Waals surface area contributed by atoms with E-state index >= 15 is 0 Å². The molecule has 1 aliphatic rings. The van der Waals surface area contributed by atoms with Crippen molar-refractivity contribution in [3.63, 3.8) is 0 Å². The van der Waals surface area contributed by atoms with E-state index in [-0.39, 0.29) is 11.6 Å². The molecule has 5 rings (SSSR count). The molecule has 0 fully saturated rings. The van der Waals surface area contributed by atoms with E-state index in [1.165, 1.54) is 11.8 Å². The van der Waals surface area contributed by atoms with E-state index in [1.54, 1.807) is 13.2 Å². The SMILES string of the molecule is COc1ccc2nc(Sc3ccc(Cl)cc3)c(C=C3N=C(c4ccccc4)OC3=O)cc2c1. The summed E-state index contributed by atoms with van der Waals surface area (Å²) in [7, 11) is 1.62. The van der Waals surface area contributed by atoms with Crippen LogP contribution in [-0.4, -0.2) is 24.0 Å². The fraction of sp³-hybridized carbons (Fsp3) is 0.0385. The van der Waals surface area contributed by atoms with Gasteiger partial charge in [-0.05, 0) is 66.7 Å². The number of pyridine rings is 1. The minimum Gasteiger partial charge on any atom is -0.497 e. The molecule has 0 atom stereocenters. The average molecular weight is 473 g/mol. The Hall–Kier alpha value is -3.61. The van der Waals surface area contributed by atoms with E-state index in [0.29, 0.717) is 5.02 Å². The van der Waals surface area contributed by atoms with Crippen molar-refractivity contribution in [3.05, 3.63) is 101 Å². The number of carbonyl (C=O) groups excluding carboxylic acids is 1. The first-order valence-corrected chi connectivity index (χ1v) is 11.3. The molecule has 0 saturated carbocycles. The van der Waals surface area contributed by atoms with Crippen molar-refractivity contribution in [3.8, 4) is 5.75 Å². The second kappa shape index (κ2) is 9.10. The summed E-state index contributed by atoms with van der Waals surface area (Å²) in [5.74, 6) is 0.516. The zero-order valence-electron chi connectivity index (χ0n) is 17.5. The molecule has 0 saturated heterocycles. The smallest absolute Gasteiger partial charge is 0.363 e. The quantitative estimate of drug-likeness (QED) is 0.248. The molecule has 0 aliphatic carbocycles. The number of nitrogens with zero attached hydrogens (tertiary/aromatic N) is 2. The van der Waals surface area contributed by atoms with Crippen LogP contribution < -0.4 is 4.74 Å². The van der Waals surface area contributed by atoms with E-state index in [2.05, 4.69) is 4.99 Å². The van der Waals surface area contributed by atoms with Crippen molar-refractivity contribution in [1.82, 2.24) is 4.98 Å². The molecule has 7 heteroatoms. The fourth-order valence-corrected chi connectivity index (χ4v) is 4.34. The number of halogens is 1. The van der Waals surface area contributed by atoms with Crippen LogP contribution in [0, 0.1) is 0 Å². The van der Waals surface area contributed by atoms with Gasteiger partial charge in [0.1, 0.15) is 10.8 Å². The van der Waals surface area contributed by atoms with E-state index in [1.807, 2.05) is 78.9 Å². The van der Waals surface area contributed by atoms with Gasteiger partial charge >= 0.3 is 5.97 Å². The topological polar surface area (TPSA) is 60.8 Å². The van der Waals surface area contributed by atoms with Gasteiger partial charge < -0.3 is 9.47 Å². The van der Waals surface area contributed by atoms with E-state index in [4.69, 9.17) is 26.1 Å². The van der Waals surface area contributed by atoms with Gasteiger partial charge in [-0.15, -0.1) is 0 Å². The largest absolute Gasteiger partial charge is 0.497 e. The highest BCUT2D eigenvalue weighted by Gasteiger charge is 2.24. The van der Waals surface area contributed by atoms with Crippen LogP contribution in [0.4, 0.5) is 0 Å². The second-order valence-electron chi connectivity index (χ2n) is 7.20. The highest BCUT2D eigenvalue weighted by molar-refractivity contribution is 7.99. The van der Waals surface area contributed by atoms with Crippen LogP contribution in [0.25, 0.3) is 17.0 Å². The Morgan fingerprint density at radius 1 is 1.00 bits per heavy atom. The average Bonchev–Trinajstić information content (AvgIpc) is 3.21. The van der Waals surface area contributed by atoms with Gasteiger partial charge in [0.15, 0.2) is 5.70 Å². The molecule has 5 nitrogen and oxygen atoms in total. The minimum atomic E-state index is -0.498. The maximum absolute atomic E-state index is 12.6. The van der Waals surface area contributed by atoms with Gasteiger partial charge in [-0.1, -0.05) is 41.6 Å². The van der Waals surface area contributed by atoms with Gasteiger partial charge in [0, 0.05) is 26.4 Å². The maximum Gasteiger partial charge on any atom is 0.363 e. The zero-order chi connectivity index (χ0) is 22.8. The lowest BCUT2D eigenvalue weighted by atomic mass is 10.1. The highest BCUT2D eigenvalue weighted by Crippen LogP contribution is 2.34. The number of hydrogen-bond donors (Lipinski definition) is 0. The van der Waals surface area contributed by atoms with Gasteiger partial charge in [-0.25, -0.2) is 14.8 Å². The van der Waals surface area contributed by atoms with Crippen molar-refractivity contribution in [1.29, 1.82) is 0 Å². The van der Waals surface area contributed by atoms with Gasteiger partial charge in [0.05, 0.1) is 12.6 Å². The van der Waals surface area contributed by atoms with Crippen molar-refractivity contribution in [2.45, 2.75) is 9.92 Å². The molecule has 0 bridgehead atoms. The predicted octanol–water partition coefficient (Wildman–Crippen LogP) is 6.39. The molecule has 0 amide bonds. The Labute approximate surface area is 199 Å². The third kappa shape index (κ3) is 4.62. The molecule has 0 radical (unpaired) electrons. The fourth-order valence-electron chi connectivity index (χ4n) is 3.34. The van der Waals surface area contributed by atoms with Gasteiger partial charge in [0.2, 0.25) is 5.90 Å². The Bertz CT molecular complexity index is 1420. The normalized spacial score (nSPS) is 14.4. The Morgan fingerprint density at radius 2 is 1.79 bits per heavy atom. The number of hydrogen-bond acceptors (Lipinski definition) is 6. The zero-order valence-corrected chi connectivity index (χ0v) is 19.1. The lowest BCUT2D eigenvalue weighted by Gasteiger charge is -2.09. The van der Waals surface area contributed by atoms with Crippen LogP contribution >= 0.6 is 23.4 Å². The number of esters is 1. The van der Waals surface area contributed by atoms with E-state index in [9.17, 15) is 4.79 Å². The van der Waals surface area contributed by atoms with Crippen LogP contribution in [-0.2, 0) is 9.53 Å². The maximum atomic E-state index is 12.6. The number of aliphatic imine (C=N–C) groups is 1. The molecule has 0 spiro atoms. The Balaban J connectivity index is 1.60. The summed E-state index contributed by atoms with van der Waals surface area (Å²) in [5, 5.41) is 2.29. The van der Waals surface area contributed by atoms with Crippen molar-refractivity contribution in [2.75, 3.05) is 7.11 Å². The number of ether oxygens (including phenoxy) is 2. The third-order valence-corrected chi connectivity index (χ3v) is 6.26. The molecule has 0 N–H and O–H groups in total. The van der Waals surface area contributed by atoms with Crippen molar-refractivity contribution >= 4 is 52.2 Å². The number of fused-ring (bicyclic) bond motifs is 1. The summed E-state index contributed by atoms with van der Waals surface area (Å²) in [5.41, 5.74) is 2.53. The Kier molecular flexibility index (Phi) is 5.86. The second-order valence-corrected chi connectivity index (χ2v) is 8.70. The molecule has 2 heterocycles. The molecule has 1 aliphatic heterocycles. The standard InChI is InChI=1S/C26H17ClN2O3S/c1-31-20-9-12-22-17(14-20)13-18(25(29-22)33-21-10-7-19(27)8-11-21)15-23-26(30)32-24(28-23)16-5-3-2-4-6-16/h2-15H,1H3. The number of benzene rings is 3. The molecular formula is C26H17ClN2O3S. The first-order valence-electron chi connectivity index (χ1n) is 10.1. The van der Waals surface area contributed by atoms with Gasteiger partial charge in [0.25, 0.3) is 0 Å². The number of carbonyl (C=O) groups is 1. The predicted molar refractivity (Wildman–Crippen MR) is 131 cm³/mol. The van der Waals surface area contributed by atoms with Crippen LogP contribution in [0.2, 0.25) is 5.02 Å². The summed E-state index contributed by atoms with van der Waals surface area (Å²) in [6, 6.07) is 24.5. The summed E-state index contributed by atoms with van der Waals surface area (Å²) in [4.78, 5) is 22.8. The van der Waals surface area contributed by atoms with Crippen LogP contribution in [0.15, 0.2) is 99.5 Å². The lowest BCUT2D eigenvalue weighted by molar-refractivity contribution is -0.129. The third-order valence-electron chi connectivity index (χ3n) is 4.98. The van der Waals surface area contributed by atoms with Crippen LogP contribution in [0.1, 0.15) is 11.1 Å². The van der Waals surface area contributed by atoms with E-state index in [0.717, 1.165) is 37.7 Å². The summed E-state index contributed by atoms with van der Waals surface area (Å²) < 4.78 is 10.8. The molecular weight excluding hydrogens is 456 g/mol. The minimum absolute atomic E-state index is 0.218. The molecule has 33 heavy (non-hydrogen) atoms. The number of aromatic nitrogens is 1. The van der Waals surface area contributed by atoms with Crippen LogP contribution in [0.5, 0.6) is 5.75 Å². The van der Waals surface area contributed by atoms with Crippen molar-refractivity contribution < 1.29 is 14.3 Å². The van der Waals surface area contributed by atoms with Gasteiger partial charge in [-0.2, -0.15) is 0 Å². The molecule has 4 aromatic rings. The first kappa shape index (κ1) is 21.2. The summed E-state index contributed by atoms with van der Waals surface area (Å²) >= 11 is 7.52. The number of methoxy groups -OCH3 is 1. The van der Waals surface area contributed by atoms with E-state index < -0.39 is 5.97 Å². The molecule has 162 valence electrons. The highest BCUT2D eigenvalue weighted by atomic mass is 35.5. The number of rotatable bonds is 5. The monoisotopic (exact) mass is 472 g/mol. The first-order chi connectivity index (χ1) is 16.1. The number of cyclic esters (lactones) is 1. The molecule has 1 aromatic heterocycles. The van der Waals surface area contributed by atoms with Gasteiger partial charge in [-0.3, -0.25) is 0 Å². The lowest BCUT2D eigenvalue weighted by Crippen LogP contribution is -2.05. The summed E-state index contributed by atoms with van der Waals surface area (Å²) in [6.07, 6.45) is 1.71. The Morgan fingerprint density at radius 3 is 2.55 bits per heavy atom. The van der Waals surface area contributed by atoms with Crippen molar-refractivity contribution in [2.24, 2.45) is 4.99 Å². The molecule has 3 aromatic carbocycles.